The van der Waals surface area contributed by atoms with Gasteiger partial charge in [-0.25, -0.2) is 0 Å². The van der Waals surface area contributed by atoms with Gasteiger partial charge in [-0.2, -0.15) is 0 Å². The van der Waals surface area contributed by atoms with Crippen molar-refractivity contribution in [3.05, 3.63) is 11.6 Å². The fourth-order valence-corrected chi connectivity index (χ4v) is 3.00. The van der Waals surface area contributed by atoms with Crippen LogP contribution in [0, 0.1) is 0 Å². The Hall–Kier alpha value is 0.170. The minimum Gasteiger partial charge on any atom is -0.103 e. The van der Waals surface area contributed by atoms with Crippen LogP contribution in [0.3, 0.4) is 0 Å². The second-order valence-corrected chi connectivity index (χ2v) is 6.72. The Labute approximate surface area is 85.6 Å². The molecular formula is C12H25P. The van der Waals surface area contributed by atoms with Crippen molar-refractivity contribution >= 4 is 7.92 Å². The summed E-state index contributed by atoms with van der Waals surface area (Å²) in [4.78, 5) is 0. The zero-order valence-corrected chi connectivity index (χ0v) is 10.8. The molecule has 0 aromatic rings. The van der Waals surface area contributed by atoms with Crippen LogP contribution in [-0.4, -0.2) is 18.5 Å². The lowest BCUT2D eigenvalue weighted by atomic mass is 10.2. The summed E-state index contributed by atoms with van der Waals surface area (Å²) in [6.45, 7) is 11.6. The van der Waals surface area contributed by atoms with Gasteiger partial charge in [-0.15, -0.1) is 7.92 Å². The molecule has 0 saturated carbocycles. The lowest BCUT2D eigenvalue weighted by molar-refractivity contribution is 0.887. The van der Waals surface area contributed by atoms with Gasteiger partial charge in [-0.1, -0.05) is 38.8 Å². The summed E-state index contributed by atoms with van der Waals surface area (Å²) < 4.78 is 0. The van der Waals surface area contributed by atoms with Gasteiger partial charge in [-0.05, 0) is 38.3 Å². The minimum atomic E-state index is 0.238. The first kappa shape index (κ1) is 13.2. The van der Waals surface area contributed by atoms with Gasteiger partial charge in [0.1, 0.15) is 0 Å². The predicted octanol–water partition coefficient (Wildman–Crippen LogP) is 4.64. The largest absolute Gasteiger partial charge is 0.103 e. The van der Waals surface area contributed by atoms with Crippen LogP contribution in [0.4, 0.5) is 0 Å². The molecule has 0 bridgehead atoms. The first-order chi connectivity index (χ1) is 6.11. The molecule has 0 aromatic carbocycles. The van der Waals surface area contributed by atoms with Crippen molar-refractivity contribution in [1.29, 1.82) is 0 Å². The molecule has 0 nitrogen and oxygen atoms in total. The molecule has 0 saturated heterocycles. The Balaban J connectivity index is 3.87. The maximum absolute atomic E-state index is 2.47. The molecule has 1 heteroatoms. The van der Waals surface area contributed by atoms with E-state index in [2.05, 4.69) is 40.4 Å². The number of allylic oxidation sites excluding steroid dienone is 2. The molecule has 0 amide bonds. The van der Waals surface area contributed by atoms with E-state index in [4.69, 9.17) is 0 Å². The van der Waals surface area contributed by atoms with Gasteiger partial charge in [0.15, 0.2) is 0 Å². The van der Waals surface area contributed by atoms with Gasteiger partial charge >= 0.3 is 0 Å². The first-order valence-corrected chi connectivity index (χ1v) is 7.53. The molecule has 2 atom stereocenters. The third kappa shape index (κ3) is 6.27. The normalized spacial score (nSPS) is 17.2. The maximum atomic E-state index is 2.47. The van der Waals surface area contributed by atoms with Crippen molar-refractivity contribution in [3.63, 3.8) is 0 Å². The van der Waals surface area contributed by atoms with E-state index in [1.54, 1.807) is 5.57 Å². The molecule has 0 fully saturated rings. The van der Waals surface area contributed by atoms with Gasteiger partial charge in [0.05, 0.1) is 0 Å². The molecular weight excluding hydrogens is 175 g/mol. The Morgan fingerprint density at radius 2 is 2.00 bits per heavy atom. The average Bonchev–Trinajstić information content (AvgIpc) is 2.13. The standard InChI is InChI=1S/C12H25P/c1-6-8-9-13(5)12(4)10-11(3)7-2/h10,12H,6-9H2,1-5H3/b11-10-/t12-,13+/m0/s1. The van der Waals surface area contributed by atoms with Gasteiger partial charge in [0.2, 0.25) is 0 Å². The van der Waals surface area contributed by atoms with Crippen LogP contribution in [0.2, 0.25) is 0 Å². The van der Waals surface area contributed by atoms with Crippen LogP contribution < -0.4 is 0 Å². The van der Waals surface area contributed by atoms with Crippen molar-refractivity contribution in [2.45, 2.75) is 52.6 Å². The summed E-state index contributed by atoms with van der Waals surface area (Å²) in [5.74, 6) is 0. The van der Waals surface area contributed by atoms with Crippen LogP contribution in [-0.2, 0) is 0 Å². The summed E-state index contributed by atoms with van der Waals surface area (Å²) in [6, 6.07) is 0. The highest BCUT2D eigenvalue weighted by atomic mass is 31.1. The zero-order chi connectivity index (χ0) is 10.3. The van der Waals surface area contributed by atoms with Crippen LogP contribution in [0.15, 0.2) is 11.6 Å². The maximum Gasteiger partial charge on any atom is -0.00579 e. The van der Waals surface area contributed by atoms with Crippen molar-refractivity contribution in [1.82, 2.24) is 0 Å². The monoisotopic (exact) mass is 200 g/mol. The zero-order valence-electron chi connectivity index (χ0n) is 9.93. The fourth-order valence-electron chi connectivity index (χ4n) is 1.27. The van der Waals surface area contributed by atoms with Crippen molar-refractivity contribution in [3.8, 4) is 0 Å². The molecule has 0 aliphatic heterocycles. The van der Waals surface area contributed by atoms with E-state index in [1.165, 1.54) is 25.4 Å². The molecule has 0 aliphatic carbocycles. The molecule has 0 rings (SSSR count). The Kier molecular flexibility index (Phi) is 7.66. The Morgan fingerprint density at radius 3 is 2.46 bits per heavy atom. The SMILES string of the molecule is CCCC[P@@](C)[C@@H](C)/C=C(/C)CC. The number of rotatable bonds is 6. The molecule has 78 valence electrons. The summed E-state index contributed by atoms with van der Waals surface area (Å²) in [5.41, 5.74) is 2.37. The molecule has 0 spiro atoms. The van der Waals surface area contributed by atoms with Crippen molar-refractivity contribution in [2.24, 2.45) is 0 Å². The number of hydrogen-bond acceptors (Lipinski definition) is 0. The minimum absolute atomic E-state index is 0.238. The van der Waals surface area contributed by atoms with E-state index >= 15 is 0 Å². The summed E-state index contributed by atoms with van der Waals surface area (Å²) in [7, 11) is 0.238. The van der Waals surface area contributed by atoms with Gasteiger partial charge in [-0.3, -0.25) is 0 Å². The van der Waals surface area contributed by atoms with Crippen LogP contribution >= 0.6 is 7.92 Å². The van der Waals surface area contributed by atoms with Gasteiger partial charge in [0.25, 0.3) is 0 Å². The highest BCUT2D eigenvalue weighted by Gasteiger charge is 2.07. The second-order valence-electron chi connectivity index (χ2n) is 3.94. The van der Waals surface area contributed by atoms with E-state index in [9.17, 15) is 0 Å². The lowest BCUT2D eigenvalue weighted by Crippen LogP contribution is -1.99. The quantitative estimate of drug-likeness (QED) is 0.432. The van der Waals surface area contributed by atoms with Gasteiger partial charge < -0.3 is 0 Å². The number of unbranched alkanes of at least 4 members (excludes halogenated alkanes) is 1. The highest BCUT2D eigenvalue weighted by molar-refractivity contribution is 7.57. The molecule has 13 heavy (non-hydrogen) atoms. The van der Waals surface area contributed by atoms with E-state index in [1.807, 2.05) is 0 Å². The lowest BCUT2D eigenvalue weighted by Gasteiger charge is -2.17. The molecule has 0 heterocycles. The third-order valence-corrected chi connectivity index (χ3v) is 5.20. The molecule has 0 radical (unpaired) electrons. The van der Waals surface area contributed by atoms with E-state index < -0.39 is 0 Å². The van der Waals surface area contributed by atoms with Crippen molar-refractivity contribution in [2.75, 3.05) is 12.8 Å². The fraction of sp³-hybridized carbons (Fsp3) is 0.833. The third-order valence-electron chi connectivity index (χ3n) is 2.64. The Morgan fingerprint density at radius 1 is 1.38 bits per heavy atom. The smallest absolute Gasteiger partial charge is 0.00579 e. The molecule has 0 unspecified atom stereocenters. The predicted molar refractivity (Wildman–Crippen MR) is 66.1 cm³/mol. The first-order valence-electron chi connectivity index (χ1n) is 5.49. The van der Waals surface area contributed by atoms with E-state index in [0.717, 1.165) is 5.66 Å². The van der Waals surface area contributed by atoms with E-state index in [-0.39, 0.29) is 7.92 Å². The summed E-state index contributed by atoms with van der Waals surface area (Å²) >= 11 is 0. The summed E-state index contributed by atoms with van der Waals surface area (Å²) in [6.07, 6.45) is 7.88. The molecule has 0 aromatic heterocycles. The number of hydrogen-bond donors (Lipinski definition) is 0. The highest BCUT2D eigenvalue weighted by Crippen LogP contribution is 2.39. The van der Waals surface area contributed by atoms with Crippen LogP contribution in [0.25, 0.3) is 0 Å². The Bertz CT molecular complexity index is 149. The average molecular weight is 200 g/mol. The van der Waals surface area contributed by atoms with E-state index in [0.29, 0.717) is 0 Å². The van der Waals surface area contributed by atoms with Gasteiger partial charge in [0, 0.05) is 0 Å². The van der Waals surface area contributed by atoms with Crippen LogP contribution in [0.5, 0.6) is 0 Å². The molecule has 0 aliphatic rings. The topological polar surface area (TPSA) is 0 Å². The summed E-state index contributed by atoms with van der Waals surface area (Å²) in [5, 5.41) is 0. The molecule has 0 N–H and O–H groups in total. The van der Waals surface area contributed by atoms with Crippen LogP contribution in [0.1, 0.15) is 47.0 Å². The second kappa shape index (κ2) is 7.56. The van der Waals surface area contributed by atoms with Crippen molar-refractivity contribution < 1.29 is 0 Å².